The fourth-order valence-corrected chi connectivity index (χ4v) is 2.03. The van der Waals surface area contributed by atoms with Gasteiger partial charge in [-0.2, -0.15) is 0 Å². The second-order valence-corrected chi connectivity index (χ2v) is 4.26. The van der Waals surface area contributed by atoms with Crippen LogP contribution in [-0.4, -0.2) is 15.0 Å². The third-order valence-electron chi connectivity index (χ3n) is 2.94. The van der Waals surface area contributed by atoms with E-state index in [0.717, 1.165) is 27.9 Å². The van der Waals surface area contributed by atoms with Gasteiger partial charge in [-0.1, -0.05) is 12.1 Å². The van der Waals surface area contributed by atoms with E-state index in [1.807, 2.05) is 37.3 Å². The zero-order valence-electron chi connectivity index (χ0n) is 10.5. The largest absolute Gasteiger partial charge is 0.307 e. The molecule has 0 aliphatic rings. The lowest BCUT2D eigenvalue weighted by atomic mass is 10.1. The molecule has 0 bridgehead atoms. The summed E-state index contributed by atoms with van der Waals surface area (Å²) in [6.45, 7) is 1.98. The van der Waals surface area contributed by atoms with Gasteiger partial charge in [0.05, 0.1) is 5.52 Å². The molecule has 0 aliphatic carbocycles. The van der Waals surface area contributed by atoms with E-state index in [-0.39, 0.29) is 0 Å². The fraction of sp³-hybridized carbons (Fsp3) is 0.0714. The van der Waals surface area contributed by atoms with Crippen molar-refractivity contribution in [2.24, 2.45) is 5.84 Å². The minimum Gasteiger partial charge on any atom is -0.307 e. The number of pyridine rings is 1. The van der Waals surface area contributed by atoms with Crippen molar-refractivity contribution in [3.63, 3.8) is 0 Å². The van der Waals surface area contributed by atoms with Crippen molar-refractivity contribution < 1.29 is 0 Å². The maximum Gasteiger partial charge on any atom is 0.166 e. The van der Waals surface area contributed by atoms with Gasteiger partial charge >= 0.3 is 0 Å². The highest BCUT2D eigenvalue weighted by Crippen LogP contribution is 2.26. The number of rotatable bonds is 2. The monoisotopic (exact) mass is 251 g/mol. The third kappa shape index (κ3) is 2.11. The molecule has 0 fully saturated rings. The maximum atomic E-state index is 5.46. The van der Waals surface area contributed by atoms with Crippen LogP contribution in [0.2, 0.25) is 0 Å². The van der Waals surface area contributed by atoms with E-state index in [0.29, 0.717) is 5.82 Å². The van der Waals surface area contributed by atoms with Crippen molar-refractivity contribution in [2.75, 3.05) is 5.43 Å². The first-order valence-corrected chi connectivity index (χ1v) is 5.93. The molecular formula is C14H13N5. The van der Waals surface area contributed by atoms with Gasteiger partial charge in [0.15, 0.2) is 5.82 Å². The van der Waals surface area contributed by atoms with Gasteiger partial charge in [-0.3, -0.25) is 9.97 Å². The number of nitrogens with two attached hydrogens (primary N) is 1. The van der Waals surface area contributed by atoms with Crippen LogP contribution in [0.5, 0.6) is 0 Å². The fourth-order valence-electron chi connectivity index (χ4n) is 2.03. The summed E-state index contributed by atoms with van der Waals surface area (Å²) in [7, 11) is 0. The van der Waals surface area contributed by atoms with Crippen LogP contribution in [0.1, 0.15) is 5.69 Å². The second kappa shape index (κ2) is 4.62. The molecule has 2 aromatic heterocycles. The number of fused-ring (bicyclic) bond motifs is 1. The zero-order valence-corrected chi connectivity index (χ0v) is 10.5. The molecule has 0 radical (unpaired) electrons. The molecular weight excluding hydrogens is 238 g/mol. The molecule has 94 valence electrons. The first-order valence-electron chi connectivity index (χ1n) is 5.93. The second-order valence-electron chi connectivity index (χ2n) is 4.26. The van der Waals surface area contributed by atoms with Crippen molar-refractivity contribution in [1.82, 2.24) is 15.0 Å². The number of hydrazine groups is 1. The number of hydrogen-bond acceptors (Lipinski definition) is 5. The predicted molar refractivity (Wildman–Crippen MR) is 75.3 cm³/mol. The van der Waals surface area contributed by atoms with Gasteiger partial charge in [-0.25, -0.2) is 10.8 Å². The summed E-state index contributed by atoms with van der Waals surface area (Å²) >= 11 is 0. The molecule has 5 heteroatoms. The van der Waals surface area contributed by atoms with E-state index >= 15 is 0 Å². The smallest absolute Gasteiger partial charge is 0.166 e. The van der Waals surface area contributed by atoms with E-state index in [1.54, 1.807) is 12.4 Å². The normalized spacial score (nSPS) is 10.6. The molecule has 0 saturated carbocycles. The van der Waals surface area contributed by atoms with Gasteiger partial charge in [-0.05, 0) is 25.1 Å². The minimum absolute atomic E-state index is 0.557. The number of hydrogen-bond donors (Lipinski definition) is 2. The number of nitrogens with zero attached hydrogens (tertiary/aromatic N) is 3. The average molecular weight is 251 g/mol. The summed E-state index contributed by atoms with van der Waals surface area (Å²) in [5.41, 5.74) is 6.22. The Kier molecular flexibility index (Phi) is 2.81. The number of nitrogen functional groups attached to an aromatic ring is 1. The zero-order chi connectivity index (χ0) is 13.2. The number of aryl methyl sites for hydroxylation is 1. The number of anilines is 1. The Balaban J connectivity index is 2.18. The van der Waals surface area contributed by atoms with Gasteiger partial charge in [0, 0.05) is 29.0 Å². The summed E-state index contributed by atoms with van der Waals surface area (Å²) in [6, 6.07) is 10.0. The molecule has 0 unspecified atom stereocenters. The van der Waals surface area contributed by atoms with Crippen LogP contribution in [-0.2, 0) is 0 Å². The van der Waals surface area contributed by atoms with Crippen molar-refractivity contribution >= 4 is 16.7 Å². The van der Waals surface area contributed by atoms with Crippen molar-refractivity contribution in [2.45, 2.75) is 6.92 Å². The Morgan fingerprint density at radius 3 is 2.74 bits per heavy atom. The molecule has 3 N–H and O–H groups in total. The quantitative estimate of drug-likeness (QED) is 0.539. The van der Waals surface area contributed by atoms with Gasteiger partial charge in [0.2, 0.25) is 0 Å². The topological polar surface area (TPSA) is 76.7 Å². The predicted octanol–water partition coefficient (Wildman–Crippen LogP) is 2.29. The van der Waals surface area contributed by atoms with E-state index in [2.05, 4.69) is 20.4 Å². The Labute approximate surface area is 110 Å². The van der Waals surface area contributed by atoms with Crippen LogP contribution >= 0.6 is 0 Å². The van der Waals surface area contributed by atoms with Gasteiger partial charge < -0.3 is 5.43 Å². The standard InChI is InChI=1S/C14H13N5/c1-9-2-3-10-8-11(4-5-12(10)18-9)13-14(19-15)17-7-6-16-13/h2-8H,15H2,1H3,(H,17,19). The van der Waals surface area contributed by atoms with Crippen molar-refractivity contribution in [1.29, 1.82) is 0 Å². The molecule has 3 aromatic rings. The lowest BCUT2D eigenvalue weighted by molar-refractivity contribution is 1.16. The van der Waals surface area contributed by atoms with Crippen molar-refractivity contribution in [3.8, 4) is 11.3 Å². The van der Waals surface area contributed by atoms with E-state index in [1.165, 1.54) is 0 Å². The molecule has 1 aromatic carbocycles. The molecule has 5 nitrogen and oxygen atoms in total. The van der Waals surface area contributed by atoms with Crippen LogP contribution < -0.4 is 11.3 Å². The van der Waals surface area contributed by atoms with E-state index in [4.69, 9.17) is 5.84 Å². The Morgan fingerprint density at radius 1 is 1.05 bits per heavy atom. The summed E-state index contributed by atoms with van der Waals surface area (Å²) in [5, 5.41) is 1.07. The van der Waals surface area contributed by atoms with Crippen molar-refractivity contribution in [3.05, 3.63) is 48.4 Å². The third-order valence-corrected chi connectivity index (χ3v) is 2.94. The summed E-state index contributed by atoms with van der Waals surface area (Å²) < 4.78 is 0. The number of aromatic nitrogens is 3. The first-order chi connectivity index (χ1) is 9.28. The summed E-state index contributed by atoms with van der Waals surface area (Å²) in [5.74, 6) is 6.01. The van der Waals surface area contributed by atoms with Crippen LogP contribution in [0, 0.1) is 6.92 Å². The summed E-state index contributed by atoms with van der Waals surface area (Å²) in [6.07, 6.45) is 3.25. The molecule has 3 rings (SSSR count). The minimum atomic E-state index is 0.557. The maximum absolute atomic E-state index is 5.46. The molecule has 0 amide bonds. The molecule has 0 saturated heterocycles. The molecule has 0 spiro atoms. The highest BCUT2D eigenvalue weighted by atomic mass is 15.3. The highest BCUT2D eigenvalue weighted by molar-refractivity contribution is 5.85. The SMILES string of the molecule is Cc1ccc2cc(-c3nccnc3NN)ccc2n1. The molecule has 19 heavy (non-hydrogen) atoms. The average Bonchev–Trinajstić information content (AvgIpc) is 2.46. The number of benzene rings is 1. The molecule has 0 atom stereocenters. The number of nitrogens with one attached hydrogen (secondary N) is 1. The highest BCUT2D eigenvalue weighted by Gasteiger charge is 2.07. The Bertz CT molecular complexity index is 739. The van der Waals surface area contributed by atoms with E-state index in [9.17, 15) is 0 Å². The van der Waals surface area contributed by atoms with E-state index < -0.39 is 0 Å². The molecule has 0 aliphatic heterocycles. The Morgan fingerprint density at radius 2 is 1.89 bits per heavy atom. The first kappa shape index (κ1) is 11.6. The van der Waals surface area contributed by atoms with Crippen LogP contribution in [0.25, 0.3) is 22.2 Å². The Hall–Kier alpha value is -2.53. The van der Waals surface area contributed by atoms with Gasteiger partial charge in [0.1, 0.15) is 5.69 Å². The van der Waals surface area contributed by atoms with Crippen LogP contribution in [0.3, 0.4) is 0 Å². The van der Waals surface area contributed by atoms with Crippen LogP contribution in [0.4, 0.5) is 5.82 Å². The summed E-state index contributed by atoms with van der Waals surface area (Å²) in [4.78, 5) is 12.9. The lowest BCUT2D eigenvalue weighted by Gasteiger charge is -2.07. The van der Waals surface area contributed by atoms with Crippen LogP contribution in [0.15, 0.2) is 42.7 Å². The molecule has 2 heterocycles. The van der Waals surface area contributed by atoms with Gasteiger partial charge in [-0.15, -0.1) is 0 Å². The lowest BCUT2D eigenvalue weighted by Crippen LogP contribution is -2.10. The van der Waals surface area contributed by atoms with Gasteiger partial charge in [0.25, 0.3) is 0 Å².